The van der Waals surface area contributed by atoms with Crippen molar-refractivity contribution in [2.45, 2.75) is 11.8 Å². The van der Waals surface area contributed by atoms with Crippen LogP contribution in [0.15, 0.2) is 36.4 Å². The summed E-state index contributed by atoms with van der Waals surface area (Å²) in [7, 11) is 0. The molecule has 0 amide bonds. The predicted octanol–water partition coefficient (Wildman–Crippen LogP) is 1.24. The maximum absolute atomic E-state index is 12.7. The number of esters is 2. The molecule has 1 aliphatic heterocycles. The number of carboxylic acid groups (broad SMARTS) is 4. The zero-order valence-electron chi connectivity index (χ0n) is 15.3. The van der Waals surface area contributed by atoms with Gasteiger partial charge in [0.15, 0.2) is 0 Å². The molecule has 0 radical (unpaired) electrons. The van der Waals surface area contributed by atoms with Crippen LogP contribution in [-0.2, 0) is 19.7 Å². The molecule has 2 aromatic carbocycles. The van der Waals surface area contributed by atoms with Gasteiger partial charge in [0.25, 0.3) is 0 Å². The largest absolute Gasteiger partial charge is 0.478 e. The third kappa shape index (κ3) is 3.37. The minimum absolute atomic E-state index is 0.134. The van der Waals surface area contributed by atoms with Crippen molar-refractivity contribution in [2.24, 2.45) is 0 Å². The highest BCUT2D eigenvalue weighted by Crippen LogP contribution is 2.42. The second-order valence-electron chi connectivity index (χ2n) is 6.58. The normalized spacial score (nSPS) is 14.7. The van der Waals surface area contributed by atoms with Crippen LogP contribution >= 0.6 is 0 Å². The predicted molar refractivity (Wildman–Crippen MR) is 97.2 cm³/mol. The standard InChI is InChI=1S/C20H12O11/c21-14-7-20(19(30)31-14,8-1-3-10(15(22)23)12(5-8)17(26)27)9-2-4-11(16(24)25)13(6-9)18(28)29/h1-6H,7H2,(H,22,23)(H,24,25)(H,26,27)(H,28,29). The van der Waals surface area contributed by atoms with Crippen molar-refractivity contribution in [3.05, 3.63) is 69.8 Å². The highest BCUT2D eigenvalue weighted by atomic mass is 16.6. The molecule has 0 aliphatic carbocycles. The maximum Gasteiger partial charge on any atom is 0.336 e. The van der Waals surface area contributed by atoms with Crippen LogP contribution in [-0.4, -0.2) is 56.2 Å². The lowest BCUT2D eigenvalue weighted by atomic mass is 9.72. The minimum atomic E-state index is -2.00. The Morgan fingerprint density at radius 3 is 1.35 bits per heavy atom. The van der Waals surface area contributed by atoms with Crippen molar-refractivity contribution in [2.75, 3.05) is 0 Å². The molecule has 0 spiro atoms. The van der Waals surface area contributed by atoms with Gasteiger partial charge >= 0.3 is 35.8 Å². The van der Waals surface area contributed by atoms with Gasteiger partial charge in [-0.15, -0.1) is 0 Å². The summed E-state index contributed by atoms with van der Waals surface area (Å²) in [5.41, 5.74) is -4.75. The zero-order valence-corrected chi connectivity index (χ0v) is 15.3. The molecule has 1 heterocycles. The second-order valence-corrected chi connectivity index (χ2v) is 6.58. The first-order valence-electron chi connectivity index (χ1n) is 8.46. The van der Waals surface area contributed by atoms with Crippen molar-refractivity contribution in [1.29, 1.82) is 0 Å². The molecule has 3 rings (SSSR count). The zero-order chi connectivity index (χ0) is 23.1. The molecule has 0 unspecified atom stereocenters. The Morgan fingerprint density at radius 1 is 0.677 bits per heavy atom. The van der Waals surface area contributed by atoms with Crippen LogP contribution in [0.5, 0.6) is 0 Å². The second kappa shape index (κ2) is 7.37. The fourth-order valence-electron chi connectivity index (χ4n) is 3.47. The van der Waals surface area contributed by atoms with Gasteiger partial charge in [0.1, 0.15) is 5.41 Å². The molecule has 11 nitrogen and oxygen atoms in total. The number of hydrogen-bond donors (Lipinski definition) is 4. The van der Waals surface area contributed by atoms with Gasteiger partial charge in [-0.05, 0) is 35.4 Å². The first-order chi connectivity index (χ1) is 14.5. The maximum atomic E-state index is 12.7. The van der Waals surface area contributed by atoms with Crippen LogP contribution in [0.3, 0.4) is 0 Å². The SMILES string of the molecule is O=C1CC(c2ccc(C(=O)O)c(C(=O)O)c2)(c2ccc(C(=O)O)c(C(=O)O)c2)C(=O)O1. The van der Waals surface area contributed by atoms with E-state index in [0.717, 1.165) is 36.4 Å². The number of aromatic carboxylic acids is 4. The highest BCUT2D eigenvalue weighted by molar-refractivity contribution is 6.07. The van der Waals surface area contributed by atoms with E-state index >= 15 is 0 Å². The molecule has 31 heavy (non-hydrogen) atoms. The van der Waals surface area contributed by atoms with Crippen LogP contribution in [0.4, 0.5) is 0 Å². The molecule has 0 saturated carbocycles. The monoisotopic (exact) mass is 428 g/mol. The number of carbonyl (C=O) groups excluding carboxylic acids is 2. The number of hydrogen-bond acceptors (Lipinski definition) is 7. The summed E-state index contributed by atoms with van der Waals surface area (Å²) in [5, 5.41) is 37.2. The summed E-state index contributed by atoms with van der Waals surface area (Å²) in [6.07, 6.45) is -0.636. The fraction of sp³-hybridized carbons (Fsp3) is 0.100. The van der Waals surface area contributed by atoms with E-state index in [1.807, 2.05) is 0 Å². The van der Waals surface area contributed by atoms with Crippen LogP contribution in [0.25, 0.3) is 0 Å². The van der Waals surface area contributed by atoms with Crippen LogP contribution in [0.2, 0.25) is 0 Å². The lowest BCUT2D eigenvalue weighted by Crippen LogP contribution is -2.34. The van der Waals surface area contributed by atoms with E-state index in [4.69, 9.17) is 0 Å². The smallest absolute Gasteiger partial charge is 0.336 e. The number of carboxylic acids is 4. The van der Waals surface area contributed by atoms with Gasteiger partial charge in [-0.1, -0.05) is 12.1 Å². The van der Waals surface area contributed by atoms with Crippen LogP contribution in [0.1, 0.15) is 59.0 Å². The third-order valence-corrected chi connectivity index (χ3v) is 4.91. The van der Waals surface area contributed by atoms with Crippen molar-refractivity contribution in [1.82, 2.24) is 0 Å². The van der Waals surface area contributed by atoms with Gasteiger partial charge in [-0.2, -0.15) is 0 Å². The summed E-state index contributed by atoms with van der Waals surface area (Å²) >= 11 is 0. The first-order valence-corrected chi connectivity index (χ1v) is 8.46. The number of carbonyl (C=O) groups is 6. The van der Waals surface area contributed by atoms with E-state index in [1.54, 1.807) is 0 Å². The van der Waals surface area contributed by atoms with E-state index < -0.39 is 69.9 Å². The Bertz CT molecular complexity index is 1120. The van der Waals surface area contributed by atoms with E-state index in [0.29, 0.717) is 0 Å². The molecular formula is C20H12O11. The van der Waals surface area contributed by atoms with Gasteiger partial charge in [0.2, 0.25) is 0 Å². The number of cyclic esters (lactones) is 2. The molecule has 0 aromatic heterocycles. The van der Waals surface area contributed by atoms with Crippen LogP contribution in [0, 0.1) is 0 Å². The van der Waals surface area contributed by atoms with E-state index in [2.05, 4.69) is 4.74 Å². The average molecular weight is 428 g/mol. The lowest BCUT2D eigenvalue weighted by Gasteiger charge is -2.26. The Hall–Kier alpha value is -4.54. The summed E-state index contributed by atoms with van der Waals surface area (Å²) in [4.78, 5) is 70.4. The molecule has 0 atom stereocenters. The summed E-state index contributed by atoms with van der Waals surface area (Å²) in [6, 6.07) is 5.86. The number of ether oxygens (including phenoxy) is 1. The fourth-order valence-corrected chi connectivity index (χ4v) is 3.47. The van der Waals surface area contributed by atoms with Crippen LogP contribution < -0.4 is 0 Å². The molecular weight excluding hydrogens is 416 g/mol. The summed E-state index contributed by atoms with van der Waals surface area (Å²) in [6.45, 7) is 0. The van der Waals surface area contributed by atoms with Crippen molar-refractivity contribution in [3.8, 4) is 0 Å². The number of rotatable bonds is 6. The average Bonchev–Trinajstić information content (AvgIpc) is 3.01. The summed E-state index contributed by atoms with van der Waals surface area (Å²) in [5.74, 6) is -8.43. The Kier molecular flexibility index (Phi) is 5.03. The molecule has 1 fully saturated rings. The molecule has 1 aliphatic rings. The summed E-state index contributed by atoms with van der Waals surface area (Å²) < 4.78 is 4.64. The third-order valence-electron chi connectivity index (χ3n) is 4.91. The molecule has 11 heteroatoms. The van der Waals surface area contributed by atoms with Gasteiger partial charge < -0.3 is 25.2 Å². The molecule has 2 aromatic rings. The van der Waals surface area contributed by atoms with E-state index in [-0.39, 0.29) is 11.1 Å². The molecule has 158 valence electrons. The Morgan fingerprint density at radius 2 is 1.06 bits per heavy atom. The van der Waals surface area contributed by atoms with E-state index in [9.17, 15) is 49.2 Å². The quantitative estimate of drug-likeness (QED) is 0.382. The Balaban J connectivity index is 2.34. The van der Waals surface area contributed by atoms with Crippen molar-refractivity contribution < 1.29 is 53.9 Å². The van der Waals surface area contributed by atoms with Gasteiger partial charge in [0, 0.05) is 0 Å². The van der Waals surface area contributed by atoms with Gasteiger partial charge in [-0.25, -0.2) is 19.2 Å². The molecule has 0 bridgehead atoms. The van der Waals surface area contributed by atoms with Gasteiger partial charge in [0.05, 0.1) is 28.7 Å². The van der Waals surface area contributed by atoms with Crippen molar-refractivity contribution in [3.63, 3.8) is 0 Å². The first kappa shape index (κ1) is 21.2. The van der Waals surface area contributed by atoms with Crippen molar-refractivity contribution >= 4 is 35.8 Å². The lowest BCUT2D eigenvalue weighted by molar-refractivity contribution is -0.153. The highest BCUT2D eigenvalue weighted by Gasteiger charge is 2.52. The number of benzene rings is 2. The van der Waals surface area contributed by atoms with E-state index in [1.165, 1.54) is 0 Å². The topological polar surface area (TPSA) is 193 Å². The Labute approximate surface area is 172 Å². The minimum Gasteiger partial charge on any atom is -0.478 e. The molecule has 1 saturated heterocycles. The van der Waals surface area contributed by atoms with Gasteiger partial charge in [-0.3, -0.25) is 9.59 Å². The molecule has 4 N–H and O–H groups in total.